The Morgan fingerprint density at radius 2 is 1.35 bits per heavy atom. The normalized spacial score (nSPS) is 12.3. The summed E-state index contributed by atoms with van der Waals surface area (Å²) < 4.78 is 0.222. The summed E-state index contributed by atoms with van der Waals surface area (Å²) in [5.41, 5.74) is 0. The molecular formula is C13H27N3S7. The van der Waals surface area contributed by atoms with Gasteiger partial charge in [0.15, 0.2) is 0 Å². The summed E-state index contributed by atoms with van der Waals surface area (Å²) in [5.74, 6) is 2.07. The van der Waals surface area contributed by atoms with E-state index in [1.54, 1.807) is 18.5 Å². The molecule has 2 rings (SSSR count). The van der Waals surface area contributed by atoms with Gasteiger partial charge in [-0.15, -0.1) is 22.0 Å². The van der Waals surface area contributed by atoms with Gasteiger partial charge in [0.25, 0.3) is 0 Å². The van der Waals surface area contributed by atoms with Gasteiger partial charge in [0.2, 0.25) is 0 Å². The van der Waals surface area contributed by atoms with Crippen LogP contribution in [0.5, 0.6) is 0 Å². The number of thioether (sulfide) groups is 1. The maximum atomic E-state index is 4.10. The third kappa shape index (κ3) is 35.4. The molecule has 0 saturated carbocycles. The molecule has 0 spiro atoms. The van der Waals surface area contributed by atoms with Crippen molar-refractivity contribution in [2.75, 3.05) is 21.7 Å². The highest BCUT2D eigenvalue weighted by molar-refractivity contribution is 8.82. The molecule has 1 aliphatic rings. The van der Waals surface area contributed by atoms with Crippen LogP contribution < -0.4 is 0 Å². The summed E-state index contributed by atoms with van der Waals surface area (Å²) in [7, 11) is 3.91. The second kappa shape index (κ2) is 25.7. The molecule has 1 aromatic rings. The van der Waals surface area contributed by atoms with Crippen LogP contribution >= 0.6 is 83.9 Å². The summed E-state index contributed by atoms with van der Waals surface area (Å²) in [6.45, 7) is 1.90. The van der Waals surface area contributed by atoms with E-state index < -0.39 is 0 Å². The number of thiol groups is 4. The largest absolute Gasteiger partial charge is 0.179 e. The van der Waals surface area contributed by atoms with Crippen molar-refractivity contribution in [1.29, 1.82) is 0 Å². The molecule has 3 nitrogen and oxygen atoms in total. The fourth-order valence-corrected chi connectivity index (χ4v) is 5.82. The minimum Gasteiger partial charge on any atom is -0.179 e. The predicted octanol–water partition coefficient (Wildman–Crippen LogP) is 5.50. The number of hydrogen-bond donors (Lipinski definition) is 4. The first-order valence-electron chi connectivity index (χ1n) is 7.13. The Morgan fingerprint density at radius 1 is 0.913 bits per heavy atom. The Kier molecular flexibility index (Phi) is 29.8. The van der Waals surface area contributed by atoms with E-state index in [1.165, 1.54) is 35.9 Å². The SMILES string of the molecule is C1SCSS1.CC(S)S.SCCCCCCS.c1cnnnc1. The minimum atomic E-state index is 0.222. The second-order valence-electron chi connectivity index (χ2n) is 3.98. The Labute approximate surface area is 175 Å². The smallest absolute Gasteiger partial charge is 0.0529 e. The summed E-state index contributed by atoms with van der Waals surface area (Å²) >= 11 is 17.9. The van der Waals surface area contributed by atoms with Crippen LogP contribution in [0.15, 0.2) is 18.5 Å². The molecule has 0 amide bonds. The monoisotopic (exact) mass is 449 g/mol. The molecule has 1 aromatic heterocycles. The van der Waals surface area contributed by atoms with Crippen LogP contribution in [-0.4, -0.2) is 41.7 Å². The zero-order valence-corrected chi connectivity index (χ0v) is 19.3. The molecule has 0 N–H and O–H groups in total. The Balaban J connectivity index is 0. The van der Waals surface area contributed by atoms with Crippen molar-refractivity contribution in [2.45, 2.75) is 37.2 Å². The first kappa shape index (κ1) is 26.7. The summed E-state index contributed by atoms with van der Waals surface area (Å²) in [5, 5.41) is 12.7. The number of unbranched alkanes of at least 4 members (excludes halogenated alkanes) is 3. The Morgan fingerprint density at radius 3 is 1.52 bits per heavy atom. The highest BCUT2D eigenvalue weighted by Crippen LogP contribution is 2.36. The highest BCUT2D eigenvalue weighted by atomic mass is 33.1. The third-order valence-corrected chi connectivity index (χ3v) is 6.96. The molecule has 0 aromatic carbocycles. The van der Waals surface area contributed by atoms with Gasteiger partial charge in [-0.05, 0) is 42.6 Å². The van der Waals surface area contributed by atoms with Gasteiger partial charge in [0.05, 0.1) is 22.6 Å². The van der Waals surface area contributed by atoms with Crippen LogP contribution in [-0.2, 0) is 0 Å². The highest BCUT2D eigenvalue weighted by Gasteiger charge is 1.96. The summed E-state index contributed by atoms with van der Waals surface area (Å²) in [4.78, 5) is 0. The van der Waals surface area contributed by atoms with E-state index in [9.17, 15) is 0 Å². The quantitative estimate of drug-likeness (QED) is 0.206. The molecule has 0 atom stereocenters. The van der Waals surface area contributed by atoms with Gasteiger partial charge in [-0.25, -0.2) is 0 Å². The van der Waals surface area contributed by atoms with Crippen molar-refractivity contribution >= 4 is 83.9 Å². The van der Waals surface area contributed by atoms with E-state index in [0.29, 0.717) is 0 Å². The van der Waals surface area contributed by atoms with Crippen molar-refractivity contribution in [3.05, 3.63) is 18.5 Å². The number of nitrogens with zero attached hydrogens (tertiary/aromatic N) is 3. The van der Waals surface area contributed by atoms with Gasteiger partial charge in [0, 0.05) is 4.58 Å². The van der Waals surface area contributed by atoms with Crippen LogP contribution in [0.1, 0.15) is 32.6 Å². The Hall–Kier alpha value is 1.46. The summed E-state index contributed by atoms with van der Waals surface area (Å²) in [6.07, 6.45) is 8.32. The van der Waals surface area contributed by atoms with Crippen molar-refractivity contribution < 1.29 is 0 Å². The average Bonchev–Trinajstić information content (AvgIpc) is 3.13. The van der Waals surface area contributed by atoms with Gasteiger partial charge in [-0.2, -0.15) is 50.5 Å². The van der Waals surface area contributed by atoms with E-state index >= 15 is 0 Å². The maximum absolute atomic E-state index is 4.10. The standard InChI is InChI=1S/C6H14S2.C3H3N3.C2H4S3.C2H6S2/c7-5-3-1-2-4-6-8;1-2-4-6-5-3-1;1-3-2-5-4-1;1-2(3)4/h7-8H,1-6H2;1-3H;1-2H2;2-4H,1H3. The van der Waals surface area contributed by atoms with Crippen LogP contribution in [0, 0.1) is 0 Å². The lowest BCUT2D eigenvalue weighted by molar-refractivity contribution is 0.713. The van der Waals surface area contributed by atoms with Crippen LogP contribution in [0.25, 0.3) is 0 Å². The number of rotatable bonds is 5. The Bertz CT molecular complexity index is 247. The van der Waals surface area contributed by atoms with Gasteiger partial charge >= 0.3 is 0 Å². The molecule has 1 fully saturated rings. The van der Waals surface area contributed by atoms with Crippen LogP contribution in [0.4, 0.5) is 0 Å². The molecule has 23 heavy (non-hydrogen) atoms. The molecular weight excluding hydrogens is 423 g/mol. The molecule has 0 unspecified atom stereocenters. The summed E-state index contributed by atoms with van der Waals surface area (Å²) in [6, 6.07) is 1.72. The predicted molar refractivity (Wildman–Crippen MR) is 126 cm³/mol. The molecule has 136 valence electrons. The van der Waals surface area contributed by atoms with Crippen LogP contribution in [0.2, 0.25) is 0 Å². The zero-order valence-electron chi connectivity index (χ0n) is 13.3. The molecule has 1 saturated heterocycles. The van der Waals surface area contributed by atoms with Crippen LogP contribution in [0.3, 0.4) is 0 Å². The van der Waals surface area contributed by atoms with Crippen molar-refractivity contribution in [3.8, 4) is 0 Å². The van der Waals surface area contributed by atoms with Gasteiger partial charge in [-0.1, -0.05) is 34.4 Å². The minimum absolute atomic E-state index is 0.222. The molecule has 2 heterocycles. The van der Waals surface area contributed by atoms with Gasteiger partial charge in [0.1, 0.15) is 0 Å². The molecule has 0 radical (unpaired) electrons. The molecule has 10 heteroatoms. The molecule has 1 aliphatic heterocycles. The lowest BCUT2D eigenvalue weighted by atomic mass is 10.2. The van der Waals surface area contributed by atoms with E-state index in [4.69, 9.17) is 0 Å². The number of aromatic nitrogens is 3. The van der Waals surface area contributed by atoms with Crippen molar-refractivity contribution in [1.82, 2.24) is 15.4 Å². The van der Waals surface area contributed by atoms with Gasteiger partial charge in [-0.3, -0.25) is 0 Å². The lowest BCUT2D eigenvalue weighted by Gasteiger charge is -1.93. The molecule has 0 aliphatic carbocycles. The van der Waals surface area contributed by atoms with E-state index in [2.05, 4.69) is 65.9 Å². The fourth-order valence-electron chi connectivity index (χ4n) is 0.952. The fraction of sp³-hybridized carbons (Fsp3) is 0.769. The molecule has 0 bridgehead atoms. The van der Waals surface area contributed by atoms with E-state index in [1.807, 2.05) is 40.3 Å². The number of hydrogen-bond acceptors (Lipinski definition) is 10. The van der Waals surface area contributed by atoms with E-state index in [0.717, 1.165) is 11.5 Å². The second-order valence-corrected chi connectivity index (χ2v) is 11.0. The van der Waals surface area contributed by atoms with Crippen molar-refractivity contribution in [3.63, 3.8) is 0 Å². The first-order valence-corrected chi connectivity index (χ1v) is 13.1. The lowest BCUT2D eigenvalue weighted by Crippen LogP contribution is -1.78. The topological polar surface area (TPSA) is 38.7 Å². The van der Waals surface area contributed by atoms with Crippen molar-refractivity contribution in [2.24, 2.45) is 0 Å². The van der Waals surface area contributed by atoms with Gasteiger partial charge < -0.3 is 0 Å². The first-order chi connectivity index (χ1) is 11.1. The third-order valence-electron chi connectivity index (χ3n) is 1.82. The maximum Gasteiger partial charge on any atom is 0.0529 e. The van der Waals surface area contributed by atoms with E-state index in [-0.39, 0.29) is 4.58 Å². The zero-order chi connectivity index (χ0) is 17.6. The average molecular weight is 450 g/mol.